The highest BCUT2D eigenvalue weighted by Crippen LogP contribution is 2.16. The van der Waals surface area contributed by atoms with Gasteiger partial charge in [-0.3, -0.25) is 14.9 Å². The lowest BCUT2D eigenvalue weighted by Crippen LogP contribution is -2.39. The van der Waals surface area contributed by atoms with Gasteiger partial charge in [-0.15, -0.1) is 0 Å². The number of rotatable bonds is 0. The summed E-state index contributed by atoms with van der Waals surface area (Å²) in [4.78, 5) is 22.0. The molecule has 0 bridgehead atoms. The summed E-state index contributed by atoms with van der Waals surface area (Å²) in [6.07, 6.45) is 1.71. The van der Waals surface area contributed by atoms with Crippen molar-refractivity contribution in [3.63, 3.8) is 0 Å². The van der Waals surface area contributed by atoms with Crippen molar-refractivity contribution in [2.75, 3.05) is 0 Å². The molecule has 0 saturated heterocycles. The number of hydrogen-bond donors (Lipinski definition) is 1. The van der Waals surface area contributed by atoms with E-state index in [9.17, 15) is 9.59 Å². The second-order valence-corrected chi connectivity index (χ2v) is 3.46. The number of halogens is 1. The van der Waals surface area contributed by atoms with Crippen LogP contribution in [0.1, 0.15) is 10.5 Å². The standard InChI is InChI=1S/C7H5BrN2O2/c8-4-1-5-7(12)9-6(11)3-10(5)2-4/h1-2H,3H2,(H,9,11,12). The van der Waals surface area contributed by atoms with E-state index >= 15 is 0 Å². The Bertz CT molecular complexity index is 369. The first-order valence-corrected chi connectivity index (χ1v) is 4.16. The smallest absolute Gasteiger partial charge is 0.274 e. The van der Waals surface area contributed by atoms with Crippen molar-refractivity contribution in [3.05, 3.63) is 22.4 Å². The van der Waals surface area contributed by atoms with Crippen LogP contribution in [0.15, 0.2) is 16.7 Å². The largest absolute Gasteiger partial charge is 0.333 e. The number of imide groups is 1. The SMILES string of the molecule is O=C1Cn2cc(Br)cc2C(=O)N1. The van der Waals surface area contributed by atoms with Crippen molar-refractivity contribution in [2.24, 2.45) is 0 Å². The molecule has 1 aliphatic rings. The van der Waals surface area contributed by atoms with Crippen LogP contribution in [0.4, 0.5) is 0 Å². The highest BCUT2D eigenvalue weighted by atomic mass is 79.9. The van der Waals surface area contributed by atoms with Gasteiger partial charge in [0.2, 0.25) is 5.91 Å². The van der Waals surface area contributed by atoms with Gasteiger partial charge in [0.25, 0.3) is 5.91 Å². The normalized spacial score (nSPS) is 15.8. The Morgan fingerprint density at radius 3 is 3.00 bits per heavy atom. The fourth-order valence-electron chi connectivity index (χ4n) is 1.18. The molecule has 0 unspecified atom stereocenters. The van der Waals surface area contributed by atoms with Gasteiger partial charge in [0, 0.05) is 10.7 Å². The predicted octanol–water partition coefficient (Wildman–Crippen LogP) is 0.521. The molecule has 0 spiro atoms. The Morgan fingerprint density at radius 1 is 1.50 bits per heavy atom. The van der Waals surface area contributed by atoms with Gasteiger partial charge >= 0.3 is 0 Å². The molecule has 0 aliphatic carbocycles. The number of fused-ring (bicyclic) bond motifs is 1. The maximum absolute atomic E-state index is 11.1. The quantitative estimate of drug-likeness (QED) is 0.659. The third-order valence-corrected chi connectivity index (χ3v) is 2.10. The molecule has 2 amide bonds. The summed E-state index contributed by atoms with van der Waals surface area (Å²) in [7, 11) is 0. The minimum atomic E-state index is -0.336. The van der Waals surface area contributed by atoms with E-state index in [0.29, 0.717) is 5.69 Å². The van der Waals surface area contributed by atoms with Gasteiger partial charge in [-0.2, -0.15) is 0 Å². The fraction of sp³-hybridized carbons (Fsp3) is 0.143. The van der Waals surface area contributed by atoms with Crippen molar-refractivity contribution in [3.8, 4) is 0 Å². The minimum Gasteiger partial charge on any atom is -0.333 e. The van der Waals surface area contributed by atoms with Crippen LogP contribution in [0.3, 0.4) is 0 Å². The van der Waals surface area contributed by atoms with Gasteiger partial charge in [-0.25, -0.2) is 0 Å². The molecule has 0 atom stereocenters. The Hall–Kier alpha value is -1.10. The van der Waals surface area contributed by atoms with Gasteiger partial charge in [0.15, 0.2) is 0 Å². The number of hydrogen-bond acceptors (Lipinski definition) is 2. The van der Waals surface area contributed by atoms with Crippen molar-refractivity contribution in [1.29, 1.82) is 0 Å². The van der Waals surface area contributed by atoms with E-state index < -0.39 is 0 Å². The molecule has 0 fully saturated rings. The zero-order valence-electron chi connectivity index (χ0n) is 6.00. The topological polar surface area (TPSA) is 51.1 Å². The number of carbonyl (C=O) groups excluding carboxylic acids is 2. The molecule has 2 rings (SSSR count). The van der Waals surface area contributed by atoms with E-state index in [0.717, 1.165) is 4.47 Å². The van der Waals surface area contributed by atoms with Crippen LogP contribution in [-0.4, -0.2) is 16.4 Å². The summed E-state index contributed by atoms with van der Waals surface area (Å²) >= 11 is 3.23. The summed E-state index contributed by atoms with van der Waals surface area (Å²) in [5, 5.41) is 2.23. The molecule has 1 aromatic rings. The first kappa shape index (κ1) is 7.54. The lowest BCUT2D eigenvalue weighted by Gasteiger charge is -2.13. The minimum absolute atomic E-state index is 0.215. The Kier molecular flexibility index (Phi) is 1.54. The molecule has 0 aromatic carbocycles. The van der Waals surface area contributed by atoms with Crippen LogP contribution in [0, 0.1) is 0 Å². The Labute approximate surface area is 76.7 Å². The molecule has 62 valence electrons. The van der Waals surface area contributed by atoms with Gasteiger partial charge in [-0.1, -0.05) is 0 Å². The number of nitrogens with one attached hydrogen (secondary N) is 1. The highest BCUT2D eigenvalue weighted by molar-refractivity contribution is 9.10. The van der Waals surface area contributed by atoms with Crippen LogP contribution in [0.25, 0.3) is 0 Å². The molecule has 4 nitrogen and oxygen atoms in total. The van der Waals surface area contributed by atoms with Crippen LogP contribution in [0.5, 0.6) is 0 Å². The van der Waals surface area contributed by atoms with Gasteiger partial charge < -0.3 is 4.57 Å². The number of carbonyl (C=O) groups is 2. The van der Waals surface area contributed by atoms with E-state index in [1.165, 1.54) is 0 Å². The number of amides is 2. The molecule has 0 saturated carbocycles. The van der Waals surface area contributed by atoms with Crippen molar-refractivity contribution in [2.45, 2.75) is 6.54 Å². The van der Waals surface area contributed by atoms with Crippen LogP contribution >= 0.6 is 15.9 Å². The van der Waals surface area contributed by atoms with E-state index in [-0.39, 0.29) is 18.4 Å². The van der Waals surface area contributed by atoms with E-state index in [4.69, 9.17) is 0 Å². The van der Waals surface area contributed by atoms with E-state index in [2.05, 4.69) is 21.2 Å². The third-order valence-electron chi connectivity index (χ3n) is 1.66. The highest BCUT2D eigenvalue weighted by Gasteiger charge is 2.21. The van der Waals surface area contributed by atoms with Gasteiger partial charge in [0.05, 0.1) is 0 Å². The van der Waals surface area contributed by atoms with E-state index in [1.807, 2.05) is 0 Å². The number of aromatic nitrogens is 1. The van der Waals surface area contributed by atoms with Crippen LogP contribution in [-0.2, 0) is 11.3 Å². The predicted molar refractivity (Wildman–Crippen MR) is 44.6 cm³/mol. The maximum Gasteiger partial charge on any atom is 0.274 e. The fourth-order valence-corrected chi connectivity index (χ4v) is 1.64. The average Bonchev–Trinajstić information content (AvgIpc) is 2.29. The summed E-state index contributed by atoms with van der Waals surface area (Å²) in [5.74, 6) is -0.604. The second-order valence-electron chi connectivity index (χ2n) is 2.55. The molecule has 5 heteroatoms. The Morgan fingerprint density at radius 2 is 2.25 bits per heavy atom. The summed E-state index contributed by atoms with van der Waals surface area (Å²) in [5.41, 5.74) is 0.515. The van der Waals surface area contributed by atoms with Crippen molar-refractivity contribution in [1.82, 2.24) is 9.88 Å². The monoisotopic (exact) mass is 228 g/mol. The molecule has 2 heterocycles. The maximum atomic E-state index is 11.1. The molecular weight excluding hydrogens is 224 g/mol. The van der Waals surface area contributed by atoms with Crippen molar-refractivity contribution >= 4 is 27.7 Å². The van der Waals surface area contributed by atoms with Crippen LogP contribution in [0.2, 0.25) is 0 Å². The summed E-state index contributed by atoms with van der Waals surface area (Å²) in [6.45, 7) is 0.215. The lowest BCUT2D eigenvalue weighted by atomic mass is 10.3. The summed E-state index contributed by atoms with van der Waals surface area (Å²) < 4.78 is 2.42. The summed E-state index contributed by atoms with van der Waals surface area (Å²) in [6, 6.07) is 1.68. The average molecular weight is 229 g/mol. The molecule has 0 radical (unpaired) electrons. The van der Waals surface area contributed by atoms with E-state index in [1.54, 1.807) is 16.8 Å². The second kappa shape index (κ2) is 2.45. The van der Waals surface area contributed by atoms with Crippen molar-refractivity contribution < 1.29 is 9.59 Å². The first-order chi connectivity index (χ1) is 5.66. The molecule has 1 aromatic heterocycles. The van der Waals surface area contributed by atoms with Gasteiger partial charge in [-0.05, 0) is 22.0 Å². The lowest BCUT2D eigenvalue weighted by molar-refractivity contribution is -0.121. The van der Waals surface area contributed by atoms with Crippen LogP contribution < -0.4 is 5.32 Å². The third kappa shape index (κ3) is 1.06. The zero-order valence-corrected chi connectivity index (χ0v) is 7.59. The zero-order chi connectivity index (χ0) is 8.72. The Balaban J connectivity index is 2.53. The van der Waals surface area contributed by atoms with Gasteiger partial charge in [0.1, 0.15) is 12.2 Å². The molecule has 1 N–H and O–H groups in total. The first-order valence-electron chi connectivity index (χ1n) is 3.36. The molecule has 12 heavy (non-hydrogen) atoms. The molecule has 1 aliphatic heterocycles. The molecular formula is C7H5BrN2O2. The number of nitrogens with zero attached hydrogens (tertiary/aromatic N) is 1.